The summed E-state index contributed by atoms with van der Waals surface area (Å²) in [5.74, 6) is -0.0895. The Morgan fingerprint density at radius 2 is 1.58 bits per heavy atom. The lowest BCUT2D eigenvalue weighted by Gasteiger charge is -2.38. The summed E-state index contributed by atoms with van der Waals surface area (Å²) in [7, 11) is 0. The van der Waals surface area contributed by atoms with Crippen molar-refractivity contribution in [1.29, 1.82) is 0 Å². The second-order valence-electron chi connectivity index (χ2n) is 10.0. The van der Waals surface area contributed by atoms with Gasteiger partial charge in [0.1, 0.15) is 11.6 Å². The average molecular weight is 509 g/mol. The topological polar surface area (TPSA) is 35.9 Å². The molecule has 0 spiro atoms. The lowest BCUT2D eigenvalue weighted by molar-refractivity contribution is -0.153. The number of rotatable bonds is 9. The Kier molecular flexibility index (Phi) is 9.12. The fourth-order valence-corrected chi connectivity index (χ4v) is 5.62. The molecule has 2 atom stereocenters. The zero-order chi connectivity index (χ0) is 25.5. The number of hydrogen-bond acceptors (Lipinski definition) is 4. The number of halogens is 4. The number of piperazine rings is 1. The smallest absolute Gasteiger partial charge is 0.422 e. The molecule has 1 aliphatic heterocycles. The number of anilines is 1. The zero-order valence-electron chi connectivity index (χ0n) is 20.6. The van der Waals surface area contributed by atoms with E-state index in [1.165, 1.54) is 12.5 Å². The van der Waals surface area contributed by atoms with E-state index in [0.717, 1.165) is 45.3 Å². The Balaban J connectivity index is 1.36. The molecule has 2 aromatic carbocycles. The van der Waals surface area contributed by atoms with E-state index in [0.29, 0.717) is 30.8 Å². The van der Waals surface area contributed by atoms with Crippen LogP contribution in [0.25, 0.3) is 0 Å². The van der Waals surface area contributed by atoms with Crippen LogP contribution in [0, 0.1) is 11.7 Å². The summed E-state index contributed by atoms with van der Waals surface area (Å²) >= 11 is 0. The van der Waals surface area contributed by atoms with E-state index in [1.54, 1.807) is 36.4 Å². The third kappa shape index (κ3) is 7.13. The fraction of sp³-hybridized carbons (Fsp3) is 0.571. The summed E-state index contributed by atoms with van der Waals surface area (Å²) in [5, 5.41) is 11.3. The molecular weight excluding hydrogens is 472 g/mol. The molecule has 4 nitrogen and oxygen atoms in total. The molecule has 0 amide bonds. The lowest BCUT2D eigenvalue weighted by atomic mass is 9.77. The molecule has 1 N–H and O–H groups in total. The minimum absolute atomic E-state index is 0.202. The molecule has 4 rings (SSSR count). The van der Waals surface area contributed by atoms with Gasteiger partial charge in [0.15, 0.2) is 6.61 Å². The second-order valence-corrected chi connectivity index (χ2v) is 10.0. The van der Waals surface area contributed by atoms with Crippen molar-refractivity contribution in [3.63, 3.8) is 0 Å². The van der Waals surface area contributed by atoms with Crippen LogP contribution in [0.2, 0.25) is 0 Å². The molecular formula is C28H36F4N2O2. The van der Waals surface area contributed by atoms with Gasteiger partial charge >= 0.3 is 6.18 Å². The highest BCUT2D eigenvalue weighted by atomic mass is 19.4. The van der Waals surface area contributed by atoms with Gasteiger partial charge in [-0.05, 0) is 55.5 Å². The largest absolute Gasteiger partial charge is 0.482 e. The number of aliphatic hydroxyl groups is 1. The van der Waals surface area contributed by atoms with Gasteiger partial charge in [0.05, 0.1) is 11.8 Å². The van der Waals surface area contributed by atoms with Crippen molar-refractivity contribution in [3.05, 3.63) is 59.9 Å². The summed E-state index contributed by atoms with van der Waals surface area (Å²) < 4.78 is 57.8. The van der Waals surface area contributed by atoms with Crippen molar-refractivity contribution >= 4 is 5.69 Å². The molecule has 1 heterocycles. The van der Waals surface area contributed by atoms with E-state index < -0.39 is 18.9 Å². The van der Waals surface area contributed by atoms with Crippen LogP contribution in [-0.4, -0.2) is 61.6 Å². The molecule has 0 unspecified atom stereocenters. The Morgan fingerprint density at radius 3 is 2.28 bits per heavy atom. The molecule has 2 fully saturated rings. The third-order valence-corrected chi connectivity index (χ3v) is 7.58. The van der Waals surface area contributed by atoms with E-state index >= 15 is 0 Å². The van der Waals surface area contributed by atoms with Gasteiger partial charge in [0.2, 0.25) is 0 Å². The average Bonchev–Trinajstić information content (AvgIpc) is 2.89. The number of ether oxygens (including phenoxy) is 1. The van der Waals surface area contributed by atoms with E-state index in [1.807, 2.05) is 11.0 Å². The van der Waals surface area contributed by atoms with Gasteiger partial charge in [-0.1, -0.05) is 49.6 Å². The zero-order valence-corrected chi connectivity index (χ0v) is 20.6. The first kappa shape index (κ1) is 26.7. The number of aliphatic hydroxyl groups excluding tert-OH is 1. The Morgan fingerprint density at radius 1 is 0.917 bits per heavy atom. The Labute approximate surface area is 210 Å². The number of para-hydroxylation sites is 2. The summed E-state index contributed by atoms with van der Waals surface area (Å²) in [4.78, 5) is 4.34. The van der Waals surface area contributed by atoms with E-state index in [9.17, 15) is 22.7 Å². The number of alkyl halides is 3. The van der Waals surface area contributed by atoms with Gasteiger partial charge in [-0.2, -0.15) is 13.2 Å². The molecule has 1 aliphatic carbocycles. The normalized spacial score (nSPS) is 19.8. The van der Waals surface area contributed by atoms with E-state index in [4.69, 9.17) is 4.74 Å². The molecule has 198 valence electrons. The van der Waals surface area contributed by atoms with Gasteiger partial charge in [0, 0.05) is 32.1 Å². The van der Waals surface area contributed by atoms with E-state index in [-0.39, 0.29) is 23.4 Å². The lowest BCUT2D eigenvalue weighted by Crippen LogP contribution is -2.47. The van der Waals surface area contributed by atoms with Gasteiger partial charge in [0.25, 0.3) is 0 Å². The maximum Gasteiger partial charge on any atom is 0.422 e. The van der Waals surface area contributed by atoms with Crippen molar-refractivity contribution in [2.45, 2.75) is 56.7 Å². The first-order chi connectivity index (χ1) is 17.3. The molecule has 2 aromatic rings. The van der Waals surface area contributed by atoms with Crippen LogP contribution in [0.1, 0.15) is 50.0 Å². The molecule has 0 radical (unpaired) electrons. The summed E-state index contributed by atoms with van der Waals surface area (Å²) in [6.45, 7) is 2.19. The van der Waals surface area contributed by atoms with Crippen molar-refractivity contribution < 1.29 is 27.4 Å². The van der Waals surface area contributed by atoms with Gasteiger partial charge in [-0.15, -0.1) is 0 Å². The van der Waals surface area contributed by atoms with Crippen LogP contribution in [0.4, 0.5) is 23.2 Å². The van der Waals surface area contributed by atoms with Crippen molar-refractivity contribution in [3.8, 4) is 5.75 Å². The van der Waals surface area contributed by atoms with Gasteiger partial charge in [-0.3, -0.25) is 4.90 Å². The summed E-state index contributed by atoms with van der Waals surface area (Å²) in [5.41, 5.74) is 1.25. The number of hydrogen-bond donors (Lipinski definition) is 1. The fourth-order valence-electron chi connectivity index (χ4n) is 5.62. The third-order valence-electron chi connectivity index (χ3n) is 7.58. The van der Waals surface area contributed by atoms with Crippen molar-refractivity contribution in [2.75, 3.05) is 44.2 Å². The highest BCUT2D eigenvalue weighted by molar-refractivity contribution is 5.58. The minimum atomic E-state index is -4.39. The Hall–Kier alpha value is -2.32. The first-order valence-electron chi connectivity index (χ1n) is 13.0. The highest BCUT2D eigenvalue weighted by Crippen LogP contribution is 2.37. The maximum atomic E-state index is 14.7. The van der Waals surface area contributed by atoms with Crippen molar-refractivity contribution in [2.24, 2.45) is 5.92 Å². The maximum absolute atomic E-state index is 14.7. The van der Waals surface area contributed by atoms with Crippen LogP contribution >= 0.6 is 0 Å². The predicted molar refractivity (Wildman–Crippen MR) is 133 cm³/mol. The monoisotopic (exact) mass is 508 g/mol. The molecule has 36 heavy (non-hydrogen) atoms. The molecule has 8 heteroatoms. The Bertz CT molecular complexity index is 957. The van der Waals surface area contributed by atoms with E-state index in [2.05, 4.69) is 4.90 Å². The molecule has 2 aliphatic rings. The highest BCUT2D eigenvalue weighted by Gasteiger charge is 2.32. The molecule has 1 saturated heterocycles. The summed E-state index contributed by atoms with van der Waals surface area (Å²) in [6.07, 6.45) is 1.10. The van der Waals surface area contributed by atoms with Gasteiger partial charge in [-0.25, -0.2) is 4.39 Å². The van der Waals surface area contributed by atoms with Crippen molar-refractivity contribution in [1.82, 2.24) is 4.90 Å². The van der Waals surface area contributed by atoms with Gasteiger partial charge < -0.3 is 14.7 Å². The second kappa shape index (κ2) is 12.3. The van der Waals surface area contributed by atoms with Crippen LogP contribution in [0.15, 0.2) is 48.5 Å². The van der Waals surface area contributed by atoms with Crippen LogP contribution in [0.3, 0.4) is 0 Å². The van der Waals surface area contributed by atoms with Crippen LogP contribution in [-0.2, 0) is 0 Å². The molecule has 0 aromatic heterocycles. The standard InChI is InChI=1S/C28H36F4N2O2/c29-24-11-5-4-10-22(24)23(27(35)21-8-2-1-3-9-21)14-15-33-16-18-34(19-17-33)25-12-6-7-13-26(25)36-20-28(30,31)32/h4-7,10-13,21,23,27,35H,1-3,8-9,14-20H2/t23-,27-/m1/s1. The number of nitrogens with zero attached hydrogens (tertiary/aromatic N) is 2. The molecule has 0 bridgehead atoms. The van der Waals surface area contributed by atoms with Crippen LogP contribution < -0.4 is 9.64 Å². The predicted octanol–water partition coefficient (Wildman–Crippen LogP) is 6.00. The van der Waals surface area contributed by atoms with Crippen LogP contribution in [0.5, 0.6) is 5.75 Å². The first-order valence-corrected chi connectivity index (χ1v) is 13.0. The summed E-state index contributed by atoms with van der Waals surface area (Å²) in [6, 6.07) is 13.6. The SMILES string of the molecule is O[C@H](C1CCCCC1)[C@H](CCN1CCN(c2ccccc2OCC(F)(F)F)CC1)c1ccccc1F. The quantitative estimate of drug-likeness (QED) is 0.421. The molecule has 1 saturated carbocycles. The number of benzene rings is 2. The minimum Gasteiger partial charge on any atom is -0.482 e.